The molecule has 2 aliphatic rings. The van der Waals surface area contributed by atoms with Crippen LogP contribution < -0.4 is 0 Å². The number of ether oxygens (including phenoxy) is 1. The van der Waals surface area contributed by atoms with Crippen LogP contribution >= 0.6 is 0 Å². The van der Waals surface area contributed by atoms with E-state index in [1.54, 1.807) is 6.92 Å². The van der Waals surface area contributed by atoms with Crippen LogP contribution in [0.3, 0.4) is 0 Å². The minimum absolute atomic E-state index is 0.219. The normalized spacial score (nSPS) is 46.3. The van der Waals surface area contributed by atoms with E-state index in [-0.39, 0.29) is 5.41 Å². The van der Waals surface area contributed by atoms with Gasteiger partial charge in [0, 0.05) is 11.3 Å². The molecule has 2 heteroatoms. The van der Waals surface area contributed by atoms with E-state index < -0.39 is 0 Å². The Bertz CT molecular complexity index is 267. The number of Topliss-reactive ketones (excluding diaryl/α,β-unsaturated/α-hetero) is 1. The molecule has 0 aromatic carbocycles. The van der Waals surface area contributed by atoms with Crippen molar-refractivity contribution in [3.05, 3.63) is 12.7 Å². The maximum atomic E-state index is 11.8. The van der Waals surface area contributed by atoms with Gasteiger partial charge in [-0.2, -0.15) is 0 Å². The van der Waals surface area contributed by atoms with Crippen LogP contribution in [0.1, 0.15) is 26.7 Å². The zero-order valence-electron chi connectivity index (χ0n) is 8.95. The first kappa shape index (κ1) is 9.91. The van der Waals surface area contributed by atoms with Gasteiger partial charge < -0.3 is 4.74 Å². The number of hydrogen-bond acceptors (Lipinski definition) is 2. The van der Waals surface area contributed by atoms with Gasteiger partial charge in [0.05, 0.1) is 12.7 Å². The Morgan fingerprint density at radius 2 is 2.21 bits per heavy atom. The lowest BCUT2D eigenvalue weighted by molar-refractivity contribution is -0.129. The molecule has 2 fully saturated rings. The highest BCUT2D eigenvalue weighted by atomic mass is 16.6. The molecule has 1 saturated carbocycles. The van der Waals surface area contributed by atoms with Gasteiger partial charge >= 0.3 is 0 Å². The van der Waals surface area contributed by atoms with Gasteiger partial charge in [0.15, 0.2) is 0 Å². The predicted molar refractivity (Wildman–Crippen MR) is 54.9 cm³/mol. The fourth-order valence-electron chi connectivity index (χ4n) is 2.98. The summed E-state index contributed by atoms with van der Waals surface area (Å²) >= 11 is 0. The maximum absolute atomic E-state index is 11.8. The van der Waals surface area contributed by atoms with E-state index in [1.807, 2.05) is 6.08 Å². The van der Waals surface area contributed by atoms with Crippen LogP contribution in [0.15, 0.2) is 12.7 Å². The Morgan fingerprint density at radius 3 is 2.64 bits per heavy atom. The lowest BCUT2D eigenvalue weighted by Gasteiger charge is -2.32. The van der Waals surface area contributed by atoms with Gasteiger partial charge in [-0.1, -0.05) is 13.0 Å². The summed E-state index contributed by atoms with van der Waals surface area (Å²) in [6, 6.07) is 0. The second-order valence-electron chi connectivity index (χ2n) is 4.74. The van der Waals surface area contributed by atoms with Gasteiger partial charge in [-0.3, -0.25) is 4.79 Å². The lowest BCUT2D eigenvalue weighted by atomic mass is 9.70. The predicted octanol–water partition coefficient (Wildman–Crippen LogP) is 2.19. The molecular formula is C12H18O2. The van der Waals surface area contributed by atoms with Crippen LogP contribution in [0.25, 0.3) is 0 Å². The van der Waals surface area contributed by atoms with Crippen molar-refractivity contribution in [2.75, 3.05) is 6.61 Å². The molecule has 0 N–H and O–H groups in total. The summed E-state index contributed by atoms with van der Waals surface area (Å²) in [7, 11) is 0. The van der Waals surface area contributed by atoms with Crippen molar-refractivity contribution in [2.24, 2.45) is 17.3 Å². The molecule has 1 unspecified atom stereocenters. The first-order valence-corrected chi connectivity index (χ1v) is 5.36. The summed E-state index contributed by atoms with van der Waals surface area (Å²) < 4.78 is 5.34. The average Bonchev–Trinajstić information content (AvgIpc) is 2.91. The molecule has 0 spiro atoms. The Kier molecular flexibility index (Phi) is 2.26. The third-order valence-electron chi connectivity index (χ3n) is 4.18. The van der Waals surface area contributed by atoms with E-state index >= 15 is 0 Å². The second-order valence-corrected chi connectivity index (χ2v) is 4.74. The summed E-state index contributed by atoms with van der Waals surface area (Å²) in [5.41, 5.74) is -0.219. The van der Waals surface area contributed by atoms with Crippen LogP contribution in [0, 0.1) is 17.3 Å². The van der Waals surface area contributed by atoms with Crippen molar-refractivity contribution in [1.29, 1.82) is 0 Å². The molecule has 0 amide bonds. The molecule has 2 nitrogen and oxygen atoms in total. The van der Waals surface area contributed by atoms with Gasteiger partial charge in [-0.05, 0) is 25.7 Å². The number of ketones is 1. The highest BCUT2D eigenvalue weighted by Gasteiger charge is 2.54. The topological polar surface area (TPSA) is 29.6 Å². The van der Waals surface area contributed by atoms with E-state index in [1.165, 1.54) is 0 Å². The summed E-state index contributed by atoms with van der Waals surface area (Å²) in [5.74, 6) is 1.05. The Morgan fingerprint density at radius 1 is 1.57 bits per heavy atom. The number of epoxide rings is 1. The molecule has 1 aliphatic heterocycles. The van der Waals surface area contributed by atoms with E-state index in [2.05, 4.69) is 13.5 Å². The van der Waals surface area contributed by atoms with Gasteiger partial charge in [0.1, 0.15) is 5.78 Å². The molecule has 1 aliphatic carbocycles. The maximum Gasteiger partial charge on any atom is 0.136 e. The average molecular weight is 194 g/mol. The Hall–Kier alpha value is -0.630. The SMILES string of the molecule is C=C[C@H]1CCC([C@@H]2CO2)[C@]1(C)C(C)=O. The summed E-state index contributed by atoms with van der Waals surface area (Å²) in [5, 5.41) is 0. The fourth-order valence-corrected chi connectivity index (χ4v) is 2.98. The van der Waals surface area contributed by atoms with E-state index in [4.69, 9.17) is 4.74 Å². The first-order chi connectivity index (χ1) is 6.60. The van der Waals surface area contributed by atoms with E-state index in [9.17, 15) is 4.79 Å². The third-order valence-corrected chi connectivity index (χ3v) is 4.18. The number of allylic oxidation sites excluding steroid dienone is 1. The van der Waals surface area contributed by atoms with Crippen LogP contribution in [-0.4, -0.2) is 18.5 Å². The molecule has 1 saturated heterocycles. The highest BCUT2D eigenvalue weighted by Crippen LogP contribution is 2.52. The van der Waals surface area contributed by atoms with E-state index in [0.717, 1.165) is 19.4 Å². The quantitative estimate of drug-likeness (QED) is 0.509. The summed E-state index contributed by atoms with van der Waals surface area (Å²) in [4.78, 5) is 11.8. The lowest BCUT2D eigenvalue weighted by Crippen LogP contribution is -2.37. The van der Waals surface area contributed by atoms with Crippen LogP contribution in [0.4, 0.5) is 0 Å². The molecule has 2 rings (SSSR count). The van der Waals surface area contributed by atoms with Crippen LogP contribution in [-0.2, 0) is 9.53 Å². The van der Waals surface area contributed by atoms with Gasteiger partial charge in [0.2, 0.25) is 0 Å². The highest BCUT2D eigenvalue weighted by molar-refractivity contribution is 5.83. The van der Waals surface area contributed by atoms with Gasteiger partial charge in [-0.25, -0.2) is 0 Å². The van der Waals surface area contributed by atoms with Gasteiger partial charge in [0.25, 0.3) is 0 Å². The third kappa shape index (κ3) is 1.24. The van der Waals surface area contributed by atoms with Crippen molar-refractivity contribution < 1.29 is 9.53 Å². The summed E-state index contributed by atoms with van der Waals surface area (Å²) in [6.07, 6.45) is 4.49. The smallest absolute Gasteiger partial charge is 0.136 e. The molecule has 0 radical (unpaired) electrons. The van der Waals surface area contributed by atoms with Crippen molar-refractivity contribution in [2.45, 2.75) is 32.8 Å². The number of carbonyl (C=O) groups is 1. The first-order valence-electron chi connectivity index (χ1n) is 5.36. The standard InChI is InChI=1S/C12H18O2/c1-4-9-5-6-10(11-7-14-11)12(9,3)8(2)13/h4,9-11H,1,5-7H2,2-3H3/t9-,10?,11-,12+/m0/s1. The molecule has 0 bridgehead atoms. The number of rotatable bonds is 3. The molecule has 0 aromatic heterocycles. The van der Waals surface area contributed by atoms with Crippen molar-refractivity contribution in [1.82, 2.24) is 0 Å². The Balaban J connectivity index is 2.27. The largest absolute Gasteiger partial charge is 0.373 e. The zero-order valence-corrected chi connectivity index (χ0v) is 8.95. The summed E-state index contributed by atoms with van der Waals surface area (Å²) in [6.45, 7) is 8.48. The molecule has 14 heavy (non-hydrogen) atoms. The minimum Gasteiger partial charge on any atom is -0.373 e. The van der Waals surface area contributed by atoms with Crippen molar-refractivity contribution in [3.63, 3.8) is 0 Å². The van der Waals surface area contributed by atoms with Crippen LogP contribution in [0.2, 0.25) is 0 Å². The Labute approximate surface area is 85.3 Å². The zero-order chi connectivity index (χ0) is 10.3. The second kappa shape index (κ2) is 3.20. The van der Waals surface area contributed by atoms with Crippen molar-refractivity contribution in [3.8, 4) is 0 Å². The van der Waals surface area contributed by atoms with E-state index in [0.29, 0.717) is 23.7 Å². The van der Waals surface area contributed by atoms with Crippen LogP contribution in [0.5, 0.6) is 0 Å². The molecule has 78 valence electrons. The molecular weight excluding hydrogens is 176 g/mol. The van der Waals surface area contributed by atoms with Crippen molar-refractivity contribution >= 4 is 5.78 Å². The molecule has 0 aromatic rings. The minimum atomic E-state index is -0.219. The number of hydrogen-bond donors (Lipinski definition) is 0. The molecule has 4 atom stereocenters. The molecule has 1 heterocycles. The monoisotopic (exact) mass is 194 g/mol. The number of carbonyl (C=O) groups excluding carboxylic acids is 1. The fraction of sp³-hybridized carbons (Fsp3) is 0.750. The van der Waals surface area contributed by atoms with Gasteiger partial charge in [-0.15, -0.1) is 6.58 Å².